The molecule has 0 amide bonds. The topological polar surface area (TPSA) is 50.3 Å². The van der Waals surface area contributed by atoms with Crippen molar-refractivity contribution in [1.82, 2.24) is 9.97 Å². The van der Waals surface area contributed by atoms with E-state index in [0.717, 1.165) is 43.4 Å². The van der Waals surface area contributed by atoms with Crippen LogP contribution in [-0.4, -0.2) is 42.8 Å². The van der Waals surface area contributed by atoms with Gasteiger partial charge in [-0.2, -0.15) is 0 Å². The smallest absolute Gasteiger partial charge is 0.136 e. The van der Waals surface area contributed by atoms with Gasteiger partial charge in [0, 0.05) is 39.2 Å². The number of ether oxygens (including phenoxy) is 1. The van der Waals surface area contributed by atoms with Crippen molar-refractivity contribution in [2.45, 2.75) is 44.1 Å². The number of methoxy groups -OCH3 is 1. The molecule has 3 rings (SSSR count). The van der Waals surface area contributed by atoms with E-state index in [1.54, 1.807) is 7.11 Å². The Morgan fingerprint density at radius 3 is 2.85 bits per heavy atom. The molecule has 5 nitrogen and oxygen atoms in total. The van der Waals surface area contributed by atoms with Gasteiger partial charge in [0.05, 0.1) is 5.60 Å². The van der Waals surface area contributed by atoms with Crippen LogP contribution in [0.25, 0.3) is 0 Å². The largest absolute Gasteiger partial charge is 0.377 e. The standard InChI is InChI=1S/C15H24N4O/c1-15(20-3)7-4-8-19(10-15)13-9-12(16-2)17-14(18-13)11-5-6-11/h9,11H,4-8,10H2,1-3H3,(H,16,17,18). The lowest BCUT2D eigenvalue weighted by Gasteiger charge is -2.40. The predicted octanol–water partition coefficient (Wildman–Crippen LogP) is 2.40. The summed E-state index contributed by atoms with van der Waals surface area (Å²) < 4.78 is 5.68. The first-order valence-corrected chi connectivity index (χ1v) is 7.50. The molecule has 1 saturated heterocycles. The molecule has 2 aliphatic rings. The van der Waals surface area contributed by atoms with E-state index in [9.17, 15) is 0 Å². The van der Waals surface area contributed by atoms with Gasteiger partial charge in [-0.1, -0.05) is 0 Å². The first-order valence-electron chi connectivity index (χ1n) is 7.50. The van der Waals surface area contributed by atoms with Crippen LogP contribution in [0.1, 0.15) is 44.3 Å². The summed E-state index contributed by atoms with van der Waals surface area (Å²) in [6.07, 6.45) is 4.70. The summed E-state index contributed by atoms with van der Waals surface area (Å²) in [6.45, 7) is 4.12. The van der Waals surface area contributed by atoms with Crippen molar-refractivity contribution in [2.24, 2.45) is 0 Å². The van der Waals surface area contributed by atoms with Crippen LogP contribution in [0.2, 0.25) is 0 Å². The zero-order valence-corrected chi connectivity index (χ0v) is 12.6. The monoisotopic (exact) mass is 276 g/mol. The normalized spacial score (nSPS) is 26.6. The number of piperidine rings is 1. The minimum Gasteiger partial charge on any atom is -0.377 e. The summed E-state index contributed by atoms with van der Waals surface area (Å²) in [6, 6.07) is 2.05. The maximum Gasteiger partial charge on any atom is 0.136 e. The fourth-order valence-corrected chi connectivity index (χ4v) is 2.83. The van der Waals surface area contributed by atoms with E-state index in [4.69, 9.17) is 9.72 Å². The summed E-state index contributed by atoms with van der Waals surface area (Å²) in [5, 5.41) is 3.16. The van der Waals surface area contributed by atoms with E-state index >= 15 is 0 Å². The Balaban J connectivity index is 1.86. The molecular formula is C15H24N4O. The van der Waals surface area contributed by atoms with Crippen molar-refractivity contribution in [2.75, 3.05) is 37.5 Å². The summed E-state index contributed by atoms with van der Waals surface area (Å²) in [5.74, 6) is 3.52. The van der Waals surface area contributed by atoms with Gasteiger partial charge in [0.1, 0.15) is 17.5 Å². The third-order valence-electron chi connectivity index (χ3n) is 4.40. The van der Waals surface area contributed by atoms with E-state index in [-0.39, 0.29) is 5.60 Å². The Labute approximate surface area is 120 Å². The molecule has 2 fully saturated rings. The molecule has 0 radical (unpaired) electrons. The van der Waals surface area contributed by atoms with Gasteiger partial charge in [0.2, 0.25) is 0 Å². The van der Waals surface area contributed by atoms with Crippen LogP contribution in [0, 0.1) is 0 Å². The third kappa shape index (κ3) is 2.73. The molecular weight excluding hydrogens is 252 g/mol. The predicted molar refractivity (Wildman–Crippen MR) is 80.4 cm³/mol. The summed E-state index contributed by atoms with van der Waals surface area (Å²) in [5.41, 5.74) is -0.0667. The molecule has 0 spiro atoms. The highest BCUT2D eigenvalue weighted by molar-refractivity contribution is 5.50. The molecule has 1 aliphatic heterocycles. The number of nitrogens with one attached hydrogen (secondary N) is 1. The van der Waals surface area contributed by atoms with Crippen molar-refractivity contribution in [3.63, 3.8) is 0 Å². The average Bonchev–Trinajstić information content (AvgIpc) is 3.31. The van der Waals surface area contributed by atoms with E-state index in [0.29, 0.717) is 5.92 Å². The Kier molecular flexibility index (Phi) is 3.54. The second-order valence-electron chi connectivity index (χ2n) is 6.17. The van der Waals surface area contributed by atoms with Gasteiger partial charge in [-0.05, 0) is 32.6 Å². The minimum absolute atomic E-state index is 0.0667. The zero-order valence-electron chi connectivity index (χ0n) is 12.6. The van der Waals surface area contributed by atoms with Crippen molar-refractivity contribution in [1.29, 1.82) is 0 Å². The van der Waals surface area contributed by atoms with Crippen molar-refractivity contribution >= 4 is 11.6 Å². The highest BCUT2D eigenvalue weighted by Crippen LogP contribution is 2.39. The second-order valence-corrected chi connectivity index (χ2v) is 6.17. The van der Waals surface area contributed by atoms with E-state index in [1.807, 2.05) is 13.1 Å². The molecule has 2 heterocycles. The fraction of sp³-hybridized carbons (Fsp3) is 0.733. The molecule has 1 saturated carbocycles. The van der Waals surface area contributed by atoms with Crippen molar-refractivity contribution in [3.05, 3.63) is 11.9 Å². The second kappa shape index (κ2) is 5.20. The van der Waals surface area contributed by atoms with Crippen LogP contribution in [0.3, 0.4) is 0 Å². The van der Waals surface area contributed by atoms with E-state index < -0.39 is 0 Å². The number of hydrogen-bond donors (Lipinski definition) is 1. The van der Waals surface area contributed by atoms with Crippen LogP contribution >= 0.6 is 0 Å². The average molecular weight is 276 g/mol. The molecule has 1 atom stereocenters. The SMILES string of the molecule is CNc1cc(N2CCCC(C)(OC)C2)nc(C2CC2)n1. The van der Waals surface area contributed by atoms with Gasteiger partial charge in [-0.25, -0.2) is 9.97 Å². The molecule has 1 aliphatic carbocycles. The third-order valence-corrected chi connectivity index (χ3v) is 4.40. The van der Waals surface area contributed by atoms with Gasteiger partial charge in [0.15, 0.2) is 0 Å². The van der Waals surface area contributed by atoms with Crippen LogP contribution in [0.15, 0.2) is 6.07 Å². The number of hydrogen-bond acceptors (Lipinski definition) is 5. The number of aromatic nitrogens is 2. The van der Waals surface area contributed by atoms with Crippen LogP contribution in [0.4, 0.5) is 11.6 Å². The lowest BCUT2D eigenvalue weighted by atomic mass is 9.95. The molecule has 110 valence electrons. The molecule has 0 bridgehead atoms. The fourth-order valence-electron chi connectivity index (χ4n) is 2.83. The molecule has 1 N–H and O–H groups in total. The molecule has 20 heavy (non-hydrogen) atoms. The first-order chi connectivity index (χ1) is 9.63. The Bertz CT molecular complexity index is 489. The molecule has 5 heteroatoms. The van der Waals surface area contributed by atoms with Gasteiger partial charge in [-0.15, -0.1) is 0 Å². The van der Waals surface area contributed by atoms with Gasteiger partial charge in [0.25, 0.3) is 0 Å². The van der Waals surface area contributed by atoms with Gasteiger partial charge in [-0.3, -0.25) is 0 Å². The molecule has 1 aromatic rings. The number of nitrogens with zero attached hydrogens (tertiary/aromatic N) is 3. The lowest BCUT2D eigenvalue weighted by Crippen LogP contribution is -2.47. The van der Waals surface area contributed by atoms with Crippen LogP contribution in [0.5, 0.6) is 0 Å². The van der Waals surface area contributed by atoms with Gasteiger partial charge >= 0.3 is 0 Å². The van der Waals surface area contributed by atoms with E-state index in [2.05, 4.69) is 22.1 Å². The highest BCUT2D eigenvalue weighted by Gasteiger charge is 2.33. The summed E-state index contributed by atoms with van der Waals surface area (Å²) in [4.78, 5) is 11.7. The summed E-state index contributed by atoms with van der Waals surface area (Å²) >= 11 is 0. The highest BCUT2D eigenvalue weighted by atomic mass is 16.5. The quantitative estimate of drug-likeness (QED) is 0.915. The molecule has 1 aromatic heterocycles. The Morgan fingerprint density at radius 2 is 2.20 bits per heavy atom. The Morgan fingerprint density at radius 1 is 1.40 bits per heavy atom. The summed E-state index contributed by atoms with van der Waals surface area (Å²) in [7, 11) is 3.72. The van der Waals surface area contributed by atoms with Crippen molar-refractivity contribution < 1.29 is 4.74 Å². The maximum absolute atomic E-state index is 5.68. The number of rotatable bonds is 4. The lowest BCUT2D eigenvalue weighted by molar-refractivity contribution is -0.00482. The number of anilines is 2. The van der Waals surface area contributed by atoms with Crippen LogP contribution in [-0.2, 0) is 4.74 Å². The Hall–Kier alpha value is -1.36. The molecule has 0 aromatic carbocycles. The molecule has 1 unspecified atom stereocenters. The van der Waals surface area contributed by atoms with Crippen molar-refractivity contribution in [3.8, 4) is 0 Å². The maximum atomic E-state index is 5.68. The van der Waals surface area contributed by atoms with Gasteiger partial charge < -0.3 is 15.0 Å². The minimum atomic E-state index is -0.0667. The van der Waals surface area contributed by atoms with Crippen LogP contribution < -0.4 is 10.2 Å². The van der Waals surface area contributed by atoms with E-state index in [1.165, 1.54) is 12.8 Å². The first kappa shape index (κ1) is 13.6. The zero-order chi connectivity index (χ0) is 14.2.